The molecule has 0 spiro atoms. The number of sulfonamides is 1. The van der Waals surface area contributed by atoms with Crippen molar-refractivity contribution in [2.45, 2.75) is 17.7 Å². The molecule has 1 aromatic carbocycles. The number of nitro benzene ring substituents is 1. The van der Waals surface area contributed by atoms with Crippen LogP contribution in [0.4, 0.5) is 5.69 Å². The van der Waals surface area contributed by atoms with Crippen LogP contribution in [0.5, 0.6) is 0 Å². The molecule has 1 aliphatic heterocycles. The Labute approximate surface area is 189 Å². The van der Waals surface area contributed by atoms with E-state index in [1.807, 2.05) is 0 Å². The van der Waals surface area contributed by atoms with E-state index in [9.17, 15) is 23.3 Å². The lowest BCUT2D eigenvalue weighted by Crippen LogP contribution is -2.50. The summed E-state index contributed by atoms with van der Waals surface area (Å²) in [4.78, 5) is 32.6. The fourth-order valence-electron chi connectivity index (χ4n) is 3.43. The second-order valence-electron chi connectivity index (χ2n) is 7.29. The van der Waals surface area contributed by atoms with Crippen LogP contribution < -0.4 is 0 Å². The first-order valence-electron chi connectivity index (χ1n) is 10.1. The van der Waals surface area contributed by atoms with E-state index in [-0.39, 0.29) is 55.5 Å². The number of non-ortho nitro benzene ring substituents is 1. The van der Waals surface area contributed by atoms with Gasteiger partial charge in [0.1, 0.15) is 0 Å². The molecule has 1 saturated heterocycles. The van der Waals surface area contributed by atoms with Gasteiger partial charge in [0.25, 0.3) is 5.69 Å². The van der Waals surface area contributed by atoms with Crippen molar-refractivity contribution < 1.29 is 22.7 Å². The maximum atomic E-state index is 12.8. The van der Waals surface area contributed by atoms with Crippen molar-refractivity contribution in [1.82, 2.24) is 24.3 Å². The van der Waals surface area contributed by atoms with E-state index in [1.165, 1.54) is 22.5 Å². The minimum Gasteiger partial charge on any atom is -0.340 e. The maximum absolute atomic E-state index is 12.8. The summed E-state index contributed by atoms with van der Waals surface area (Å²) in [5, 5.41) is 14.8. The molecule has 2 aromatic heterocycles. The molecule has 0 aliphatic carbocycles. The van der Waals surface area contributed by atoms with Gasteiger partial charge in [0.05, 0.1) is 9.82 Å². The van der Waals surface area contributed by atoms with Crippen molar-refractivity contribution in [3.05, 3.63) is 64.8 Å². The van der Waals surface area contributed by atoms with Crippen molar-refractivity contribution >= 4 is 21.6 Å². The summed E-state index contributed by atoms with van der Waals surface area (Å²) in [7, 11) is -3.89. The Hall–Kier alpha value is -3.71. The molecule has 1 fully saturated rings. The Balaban J connectivity index is 1.31. The number of piperazine rings is 1. The molecule has 3 aromatic rings. The van der Waals surface area contributed by atoms with Crippen LogP contribution in [0.3, 0.4) is 0 Å². The van der Waals surface area contributed by atoms with E-state index < -0.39 is 14.9 Å². The minimum atomic E-state index is -3.89. The highest BCUT2D eigenvalue weighted by Gasteiger charge is 2.31. The zero-order valence-electron chi connectivity index (χ0n) is 17.4. The average Bonchev–Trinajstić information content (AvgIpc) is 3.32. The Morgan fingerprint density at radius 1 is 1.15 bits per heavy atom. The van der Waals surface area contributed by atoms with E-state index in [0.29, 0.717) is 17.3 Å². The van der Waals surface area contributed by atoms with Crippen LogP contribution in [0.2, 0.25) is 0 Å². The average molecular weight is 472 g/mol. The fourth-order valence-corrected chi connectivity index (χ4v) is 4.89. The molecule has 0 radical (unpaired) electrons. The number of rotatable bonds is 7. The number of carbonyl (C=O) groups excluding carboxylic acids is 1. The Kier molecular flexibility index (Phi) is 6.42. The van der Waals surface area contributed by atoms with Crippen molar-refractivity contribution in [3.63, 3.8) is 0 Å². The largest absolute Gasteiger partial charge is 0.340 e. The van der Waals surface area contributed by atoms with Crippen LogP contribution in [0.15, 0.2) is 58.2 Å². The van der Waals surface area contributed by atoms with E-state index in [1.54, 1.807) is 29.4 Å². The van der Waals surface area contributed by atoms with Gasteiger partial charge in [-0.1, -0.05) is 11.2 Å². The SMILES string of the molecule is O=C(CCc1nc(-c2cccnc2)no1)N1CCN(S(=O)(=O)c2cccc([N+](=O)[O-])c2)CC1. The molecule has 0 N–H and O–H groups in total. The van der Waals surface area contributed by atoms with Crippen LogP contribution in [0, 0.1) is 10.1 Å². The summed E-state index contributed by atoms with van der Waals surface area (Å²) >= 11 is 0. The van der Waals surface area contributed by atoms with Gasteiger partial charge in [-0.3, -0.25) is 19.9 Å². The number of amides is 1. The number of nitro groups is 1. The number of aryl methyl sites for hydroxylation is 1. The second kappa shape index (κ2) is 9.42. The molecule has 0 saturated carbocycles. The van der Waals surface area contributed by atoms with Gasteiger partial charge in [-0.2, -0.15) is 9.29 Å². The smallest absolute Gasteiger partial charge is 0.270 e. The Morgan fingerprint density at radius 3 is 2.64 bits per heavy atom. The number of hydrogen-bond acceptors (Lipinski definition) is 9. The first-order valence-corrected chi connectivity index (χ1v) is 11.5. The maximum Gasteiger partial charge on any atom is 0.270 e. The lowest BCUT2D eigenvalue weighted by atomic mass is 10.2. The van der Waals surface area contributed by atoms with Crippen LogP contribution in [-0.2, 0) is 21.2 Å². The van der Waals surface area contributed by atoms with Crippen LogP contribution in [-0.4, -0.2) is 69.8 Å². The number of benzene rings is 1. The summed E-state index contributed by atoms with van der Waals surface area (Å²) in [5.74, 6) is 0.572. The highest BCUT2D eigenvalue weighted by molar-refractivity contribution is 7.89. The van der Waals surface area contributed by atoms with Crippen molar-refractivity contribution in [3.8, 4) is 11.4 Å². The van der Waals surface area contributed by atoms with Gasteiger partial charge in [-0.25, -0.2) is 8.42 Å². The van der Waals surface area contributed by atoms with Crippen molar-refractivity contribution in [2.24, 2.45) is 0 Å². The Morgan fingerprint density at radius 2 is 1.94 bits per heavy atom. The van der Waals surface area contributed by atoms with Gasteiger partial charge in [-0.05, 0) is 18.2 Å². The fraction of sp³-hybridized carbons (Fsp3) is 0.300. The summed E-state index contributed by atoms with van der Waals surface area (Å²) in [5.41, 5.74) is 0.414. The zero-order chi connectivity index (χ0) is 23.4. The number of carbonyl (C=O) groups is 1. The molecular formula is C20H20N6O6S. The molecule has 172 valence electrons. The number of hydrogen-bond donors (Lipinski definition) is 0. The molecular weight excluding hydrogens is 452 g/mol. The topological polar surface area (TPSA) is 153 Å². The van der Waals surface area contributed by atoms with Gasteiger partial charge in [0.15, 0.2) is 0 Å². The van der Waals surface area contributed by atoms with Crippen LogP contribution in [0.1, 0.15) is 12.3 Å². The van der Waals surface area contributed by atoms with E-state index in [0.717, 1.165) is 6.07 Å². The highest BCUT2D eigenvalue weighted by atomic mass is 32.2. The molecule has 33 heavy (non-hydrogen) atoms. The van der Waals surface area contributed by atoms with E-state index in [2.05, 4.69) is 15.1 Å². The number of pyridine rings is 1. The second-order valence-corrected chi connectivity index (χ2v) is 9.23. The molecule has 0 unspecified atom stereocenters. The lowest BCUT2D eigenvalue weighted by Gasteiger charge is -2.34. The minimum absolute atomic E-state index is 0.0997. The third kappa shape index (κ3) is 5.04. The van der Waals surface area contributed by atoms with Crippen molar-refractivity contribution in [1.29, 1.82) is 0 Å². The molecule has 3 heterocycles. The summed E-state index contributed by atoms with van der Waals surface area (Å²) in [6.45, 7) is 0.639. The van der Waals surface area contributed by atoms with Crippen molar-refractivity contribution in [2.75, 3.05) is 26.2 Å². The third-order valence-corrected chi connectivity index (χ3v) is 7.09. The summed E-state index contributed by atoms with van der Waals surface area (Å²) in [6.07, 6.45) is 3.66. The predicted molar refractivity (Wildman–Crippen MR) is 114 cm³/mol. The molecule has 0 bridgehead atoms. The zero-order valence-corrected chi connectivity index (χ0v) is 18.2. The molecule has 1 amide bonds. The van der Waals surface area contributed by atoms with Gasteiger partial charge in [0, 0.05) is 69.1 Å². The third-order valence-electron chi connectivity index (χ3n) is 5.20. The lowest BCUT2D eigenvalue weighted by molar-refractivity contribution is -0.385. The van der Waals surface area contributed by atoms with Gasteiger partial charge in [-0.15, -0.1) is 0 Å². The molecule has 13 heteroatoms. The van der Waals surface area contributed by atoms with Gasteiger partial charge in [0.2, 0.25) is 27.6 Å². The molecule has 4 rings (SSSR count). The van der Waals surface area contributed by atoms with Crippen LogP contribution >= 0.6 is 0 Å². The summed E-state index contributed by atoms with van der Waals surface area (Å²) in [6, 6.07) is 8.49. The van der Waals surface area contributed by atoms with E-state index >= 15 is 0 Å². The predicted octanol–water partition coefficient (Wildman–Crippen LogP) is 1.51. The summed E-state index contributed by atoms with van der Waals surface area (Å²) < 4.78 is 32.1. The first kappa shape index (κ1) is 22.5. The number of nitrogens with zero attached hydrogens (tertiary/aromatic N) is 6. The quantitative estimate of drug-likeness (QED) is 0.368. The normalized spacial score (nSPS) is 14.8. The number of aromatic nitrogens is 3. The Bertz CT molecular complexity index is 1250. The molecule has 1 aliphatic rings. The standard InChI is InChI=1S/C20H20N6O6S/c27-19(7-6-18-22-20(23-32-18)15-3-2-8-21-14-15)24-9-11-25(12-10-24)33(30,31)17-5-1-4-16(13-17)26(28)29/h1-5,8,13-14H,6-7,9-12H2. The monoisotopic (exact) mass is 472 g/mol. The molecule has 0 atom stereocenters. The van der Waals surface area contributed by atoms with Gasteiger partial charge >= 0.3 is 0 Å². The van der Waals surface area contributed by atoms with Crippen LogP contribution in [0.25, 0.3) is 11.4 Å². The highest BCUT2D eigenvalue weighted by Crippen LogP contribution is 2.22. The van der Waals surface area contributed by atoms with E-state index in [4.69, 9.17) is 4.52 Å². The first-order chi connectivity index (χ1) is 15.8. The van der Waals surface area contributed by atoms with Gasteiger partial charge < -0.3 is 9.42 Å². The molecule has 12 nitrogen and oxygen atoms in total.